The van der Waals surface area contributed by atoms with Crippen molar-refractivity contribution in [2.75, 3.05) is 0 Å². The molecule has 1 unspecified atom stereocenters. The first-order chi connectivity index (χ1) is 9.62. The van der Waals surface area contributed by atoms with E-state index < -0.39 is 11.4 Å². The van der Waals surface area contributed by atoms with Crippen LogP contribution in [-0.4, -0.2) is 16.1 Å². The number of fused-ring (bicyclic) bond motifs is 1. The maximum absolute atomic E-state index is 11.9. The number of benzene rings is 1. The van der Waals surface area contributed by atoms with Gasteiger partial charge in [-0.3, -0.25) is 9.78 Å². The number of hydrogen-bond acceptors (Lipinski definition) is 2. The molecule has 1 atom stereocenters. The van der Waals surface area contributed by atoms with E-state index in [2.05, 4.69) is 4.98 Å². The van der Waals surface area contributed by atoms with Crippen molar-refractivity contribution in [2.45, 2.75) is 31.6 Å². The van der Waals surface area contributed by atoms with Crippen LogP contribution in [0.5, 0.6) is 0 Å². The van der Waals surface area contributed by atoms with Crippen LogP contribution in [0.3, 0.4) is 0 Å². The fraction of sp³-hybridized carbons (Fsp3) is 0.294. The zero-order valence-corrected chi connectivity index (χ0v) is 11.5. The predicted octanol–water partition coefficient (Wildman–Crippen LogP) is 2.90. The van der Waals surface area contributed by atoms with Gasteiger partial charge in [-0.1, -0.05) is 30.3 Å². The molecule has 1 aliphatic rings. The van der Waals surface area contributed by atoms with Gasteiger partial charge >= 0.3 is 5.97 Å². The monoisotopic (exact) mass is 267 g/mol. The largest absolute Gasteiger partial charge is 0.481 e. The number of carbonyl (C=O) groups is 1. The number of rotatable bonds is 3. The summed E-state index contributed by atoms with van der Waals surface area (Å²) < 4.78 is 0. The van der Waals surface area contributed by atoms with Gasteiger partial charge in [0, 0.05) is 17.8 Å². The van der Waals surface area contributed by atoms with E-state index in [1.165, 1.54) is 0 Å². The second-order valence-electron chi connectivity index (χ2n) is 5.49. The first-order valence-electron chi connectivity index (χ1n) is 6.86. The molecular weight excluding hydrogens is 250 g/mol. The van der Waals surface area contributed by atoms with Crippen molar-refractivity contribution in [2.24, 2.45) is 0 Å². The van der Waals surface area contributed by atoms with Gasteiger partial charge in [0.1, 0.15) is 0 Å². The van der Waals surface area contributed by atoms with Gasteiger partial charge in [0.2, 0.25) is 0 Å². The van der Waals surface area contributed by atoms with E-state index in [0.29, 0.717) is 12.8 Å². The Hall–Kier alpha value is -2.16. The molecule has 0 aliphatic heterocycles. The van der Waals surface area contributed by atoms with Crippen LogP contribution in [-0.2, 0) is 23.1 Å². The predicted molar refractivity (Wildman–Crippen MR) is 76.8 cm³/mol. The fourth-order valence-electron chi connectivity index (χ4n) is 3.18. The normalized spacial score (nSPS) is 20.6. The van der Waals surface area contributed by atoms with Crippen molar-refractivity contribution >= 4 is 5.97 Å². The second-order valence-corrected chi connectivity index (χ2v) is 5.49. The van der Waals surface area contributed by atoms with Gasteiger partial charge in [-0.25, -0.2) is 0 Å². The van der Waals surface area contributed by atoms with E-state index in [-0.39, 0.29) is 0 Å². The molecule has 0 fully saturated rings. The molecule has 0 bridgehead atoms. The number of carboxylic acids is 1. The van der Waals surface area contributed by atoms with Gasteiger partial charge in [0.05, 0.1) is 5.41 Å². The summed E-state index contributed by atoms with van der Waals surface area (Å²) in [4.78, 5) is 16.4. The minimum atomic E-state index is -0.822. The summed E-state index contributed by atoms with van der Waals surface area (Å²) in [7, 11) is 0. The molecule has 0 amide bonds. The van der Waals surface area contributed by atoms with Crippen molar-refractivity contribution in [3.8, 4) is 0 Å². The fourth-order valence-corrected chi connectivity index (χ4v) is 3.18. The molecule has 0 saturated heterocycles. The molecule has 3 nitrogen and oxygen atoms in total. The third-order valence-corrected chi connectivity index (χ3v) is 4.19. The van der Waals surface area contributed by atoms with Crippen molar-refractivity contribution in [3.05, 3.63) is 65.0 Å². The lowest BCUT2D eigenvalue weighted by atomic mass is 9.77. The molecule has 3 rings (SSSR count). The zero-order valence-electron chi connectivity index (χ0n) is 11.5. The SMILES string of the molecule is Cc1cccc(CC2(C(=O)O)CCc3ccccc32)n1. The third kappa shape index (κ3) is 1.99. The standard InChI is InChI=1S/C17H17NO2/c1-12-5-4-7-14(18-12)11-17(16(19)20)10-9-13-6-2-3-8-15(13)17/h2-8H,9-11H2,1H3,(H,19,20). The van der Waals surface area contributed by atoms with Crippen LogP contribution in [0.2, 0.25) is 0 Å². The van der Waals surface area contributed by atoms with E-state index >= 15 is 0 Å². The maximum atomic E-state index is 11.9. The number of nitrogens with zero attached hydrogens (tertiary/aromatic N) is 1. The average Bonchev–Trinajstić information content (AvgIpc) is 2.79. The molecule has 1 aliphatic carbocycles. The van der Waals surface area contributed by atoms with Gasteiger partial charge < -0.3 is 5.11 Å². The summed E-state index contributed by atoms with van der Waals surface area (Å²) in [5, 5.41) is 9.81. The minimum absolute atomic E-state index is 0.459. The molecule has 0 saturated carbocycles. The second kappa shape index (κ2) is 4.75. The lowest BCUT2D eigenvalue weighted by Crippen LogP contribution is -2.36. The molecule has 1 heterocycles. The molecule has 1 N–H and O–H groups in total. The Balaban J connectivity index is 2.05. The maximum Gasteiger partial charge on any atom is 0.314 e. The quantitative estimate of drug-likeness (QED) is 0.930. The van der Waals surface area contributed by atoms with Crippen LogP contribution in [0, 0.1) is 6.92 Å². The van der Waals surface area contributed by atoms with Gasteiger partial charge in [0.15, 0.2) is 0 Å². The number of carboxylic acid groups (broad SMARTS) is 1. The lowest BCUT2D eigenvalue weighted by Gasteiger charge is -2.25. The summed E-state index contributed by atoms with van der Waals surface area (Å²) in [6.07, 6.45) is 1.94. The molecule has 1 aromatic heterocycles. The Morgan fingerprint density at radius 3 is 2.80 bits per heavy atom. The van der Waals surface area contributed by atoms with Crippen molar-refractivity contribution in [1.29, 1.82) is 0 Å². The average molecular weight is 267 g/mol. The molecule has 0 spiro atoms. The molecule has 20 heavy (non-hydrogen) atoms. The van der Waals surface area contributed by atoms with Gasteiger partial charge in [-0.05, 0) is 43.0 Å². The zero-order chi connectivity index (χ0) is 14.2. The van der Waals surface area contributed by atoms with E-state index in [0.717, 1.165) is 28.9 Å². The first-order valence-corrected chi connectivity index (χ1v) is 6.86. The molecule has 0 radical (unpaired) electrons. The van der Waals surface area contributed by atoms with Crippen LogP contribution in [0.4, 0.5) is 0 Å². The van der Waals surface area contributed by atoms with Gasteiger partial charge in [0.25, 0.3) is 0 Å². The number of hydrogen-bond donors (Lipinski definition) is 1. The van der Waals surface area contributed by atoms with Gasteiger partial charge in [-0.15, -0.1) is 0 Å². The van der Waals surface area contributed by atoms with Crippen LogP contribution >= 0.6 is 0 Å². The number of aliphatic carboxylic acids is 1. The van der Waals surface area contributed by atoms with E-state index in [1.54, 1.807) is 0 Å². The Morgan fingerprint density at radius 2 is 2.05 bits per heavy atom. The Morgan fingerprint density at radius 1 is 1.25 bits per heavy atom. The molecule has 2 aromatic rings. The van der Waals surface area contributed by atoms with Crippen LogP contribution in [0.15, 0.2) is 42.5 Å². The van der Waals surface area contributed by atoms with Crippen LogP contribution in [0.1, 0.15) is 28.9 Å². The summed E-state index contributed by atoms with van der Waals surface area (Å²) >= 11 is 0. The highest BCUT2D eigenvalue weighted by Gasteiger charge is 2.45. The van der Waals surface area contributed by atoms with Gasteiger partial charge in [-0.2, -0.15) is 0 Å². The molecule has 102 valence electrons. The highest BCUT2D eigenvalue weighted by atomic mass is 16.4. The number of aromatic nitrogens is 1. The Kier molecular flexibility index (Phi) is 3.05. The van der Waals surface area contributed by atoms with Crippen LogP contribution in [0.25, 0.3) is 0 Å². The molecule has 1 aromatic carbocycles. The first kappa shape index (κ1) is 12.9. The summed E-state index contributed by atoms with van der Waals surface area (Å²) in [5.74, 6) is -0.745. The lowest BCUT2D eigenvalue weighted by molar-refractivity contribution is -0.143. The molecule has 3 heteroatoms. The van der Waals surface area contributed by atoms with E-state index in [1.807, 2.05) is 49.4 Å². The highest BCUT2D eigenvalue weighted by molar-refractivity contribution is 5.83. The topological polar surface area (TPSA) is 50.2 Å². The smallest absolute Gasteiger partial charge is 0.314 e. The molecular formula is C17H17NO2. The van der Waals surface area contributed by atoms with Crippen LogP contribution < -0.4 is 0 Å². The number of pyridine rings is 1. The summed E-state index contributed by atoms with van der Waals surface area (Å²) in [6, 6.07) is 13.7. The van der Waals surface area contributed by atoms with E-state index in [9.17, 15) is 9.90 Å². The third-order valence-electron chi connectivity index (χ3n) is 4.19. The van der Waals surface area contributed by atoms with Crippen molar-refractivity contribution in [1.82, 2.24) is 4.98 Å². The van der Waals surface area contributed by atoms with Crippen molar-refractivity contribution in [3.63, 3.8) is 0 Å². The summed E-state index contributed by atoms with van der Waals surface area (Å²) in [6.45, 7) is 1.93. The van der Waals surface area contributed by atoms with Crippen molar-refractivity contribution < 1.29 is 9.90 Å². The highest BCUT2D eigenvalue weighted by Crippen LogP contribution is 2.41. The van der Waals surface area contributed by atoms with E-state index in [4.69, 9.17) is 0 Å². The Bertz CT molecular complexity index is 666. The minimum Gasteiger partial charge on any atom is -0.481 e. The Labute approximate surface area is 118 Å². The number of aryl methyl sites for hydroxylation is 2. The summed E-state index contributed by atoms with van der Waals surface area (Å²) in [5.41, 5.74) is 3.06.